The third-order valence-electron chi connectivity index (χ3n) is 2.76. The van der Waals surface area contributed by atoms with Crippen molar-refractivity contribution in [1.82, 2.24) is 10.6 Å². The summed E-state index contributed by atoms with van der Waals surface area (Å²) in [5.74, 6) is 0.207. The number of nitrogens with two attached hydrogens (primary N) is 1. The van der Waals surface area contributed by atoms with Gasteiger partial charge in [-0.3, -0.25) is 21.0 Å². The van der Waals surface area contributed by atoms with Crippen LogP contribution in [0.25, 0.3) is 0 Å². The van der Waals surface area contributed by atoms with Gasteiger partial charge in [0.05, 0.1) is 12.6 Å². The molecule has 0 bridgehead atoms. The molecule has 20 heavy (non-hydrogen) atoms. The maximum atomic E-state index is 12.5. The van der Waals surface area contributed by atoms with Crippen molar-refractivity contribution in [2.24, 2.45) is 11.1 Å². The molecule has 0 amide bonds. The molecule has 0 rings (SSSR count). The van der Waals surface area contributed by atoms with Crippen molar-refractivity contribution in [1.29, 1.82) is 0 Å². The molecule has 6 heteroatoms. The molecule has 0 fully saturated rings. The second-order valence-electron chi connectivity index (χ2n) is 7.15. The fourth-order valence-electron chi connectivity index (χ4n) is 1.88. The van der Waals surface area contributed by atoms with Gasteiger partial charge in [0.25, 0.3) is 0 Å². The highest BCUT2D eigenvalue weighted by Gasteiger charge is 2.31. The molecule has 0 heterocycles. The van der Waals surface area contributed by atoms with Gasteiger partial charge < -0.3 is 10.5 Å². The van der Waals surface area contributed by atoms with Crippen molar-refractivity contribution in [2.45, 2.75) is 66.0 Å². The van der Waals surface area contributed by atoms with E-state index in [1.165, 1.54) is 0 Å². The number of carbonyl (C=O) groups excluding carboxylic acids is 1. The third kappa shape index (κ3) is 7.99. The largest absolute Gasteiger partial charge is 0.747 e. The zero-order valence-corrected chi connectivity index (χ0v) is 13.6. The zero-order valence-electron chi connectivity index (χ0n) is 13.6. The van der Waals surface area contributed by atoms with Crippen molar-refractivity contribution in [2.75, 3.05) is 6.54 Å². The molecule has 0 saturated carbocycles. The van der Waals surface area contributed by atoms with Gasteiger partial charge in [-0.25, -0.2) is 0 Å². The van der Waals surface area contributed by atoms with Gasteiger partial charge in [0.1, 0.15) is 0 Å². The minimum absolute atomic E-state index is 0.00692. The first kappa shape index (κ1) is 18.7. The topological polar surface area (TPSA) is 104 Å². The van der Waals surface area contributed by atoms with E-state index in [9.17, 15) is 10.0 Å². The normalized spacial score (nSPS) is 15.0. The maximum absolute atomic E-state index is 12.5. The lowest BCUT2D eigenvalue weighted by Crippen LogP contribution is -2.72. The molecular formula is C14H30N4O2. The quantitative estimate of drug-likeness (QED) is 0.175. The number of guanidine groups is 1. The highest BCUT2D eigenvalue weighted by atomic mass is 16.4. The molecule has 6 nitrogen and oxygen atoms in total. The second-order valence-corrected chi connectivity index (χ2v) is 7.15. The van der Waals surface area contributed by atoms with E-state index in [0.29, 0.717) is 13.0 Å². The molecule has 0 saturated heterocycles. The summed E-state index contributed by atoms with van der Waals surface area (Å²) in [6, 6.07) is -0.196. The van der Waals surface area contributed by atoms with Gasteiger partial charge in [0.15, 0.2) is 5.78 Å². The minimum Gasteiger partial charge on any atom is -0.747 e. The summed E-state index contributed by atoms with van der Waals surface area (Å²) >= 11 is 0. The van der Waals surface area contributed by atoms with Crippen LogP contribution < -0.4 is 21.5 Å². The van der Waals surface area contributed by atoms with Crippen molar-refractivity contribution in [3.05, 3.63) is 5.21 Å². The number of hydrogen-bond acceptors (Lipinski definition) is 3. The first-order valence-electron chi connectivity index (χ1n) is 7.04. The van der Waals surface area contributed by atoms with E-state index in [1.54, 1.807) is 5.16 Å². The Morgan fingerprint density at radius 2 is 1.80 bits per heavy atom. The zero-order chi connectivity index (χ0) is 16.0. The van der Waals surface area contributed by atoms with E-state index in [0.717, 1.165) is 6.42 Å². The van der Waals surface area contributed by atoms with E-state index < -0.39 is 0 Å². The average Bonchev–Trinajstić information content (AvgIpc) is 2.29. The van der Waals surface area contributed by atoms with Crippen LogP contribution in [-0.2, 0) is 4.79 Å². The second kappa shape index (κ2) is 7.47. The van der Waals surface area contributed by atoms with Gasteiger partial charge >= 0.3 is 5.96 Å². The van der Waals surface area contributed by atoms with Crippen LogP contribution in [0.15, 0.2) is 0 Å². The Hall–Kier alpha value is -1.30. The molecule has 5 N–H and O–H groups in total. The Morgan fingerprint density at radius 1 is 1.25 bits per heavy atom. The Balaban J connectivity index is 4.52. The van der Waals surface area contributed by atoms with Gasteiger partial charge in [-0.1, -0.05) is 20.8 Å². The monoisotopic (exact) mass is 286 g/mol. The van der Waals surface area contributed by atoms with Gasteiger partial charge in [0, 0.05) is 11.0 Å². The Bertz CT molecular complexity index is 340. The number of rotatable bonds is 6. The van der Waals surface area contributed by atoms with Crippen LogP contribution in [0.1, 0.15) is 54.4 Å². The van der Waals surface area contributed by atoms with Crippen LogP contribution in [0.2, 0.25) is 0 Å². The fraction of sp³-hybridized carbons (Fsp3) is 0.857. The molecule has 0 aliphatic rings. The van der Waals surface area contributed by atoms with Crippen molar-refractivity contribution in [3.8, 4) is 0 Å². The highest BCUT2D eigenvalue weighted by molar-refractivity contribution is 5.88. The molecule has 118 valence electrons. The van der Waals surface area contributed by atoms with Gasteiger partial charge in [0.2, 0.25) is 0 Å². The van der Waals surface area contributed by atoms with Crippen LogP contribution in [0.4, 0.5) is 0 Å². The number of hydrogen-bond donors (Lipinski definition) is 4. The lowest BCUT2D eigenvalue weighted by Gasteiger charge is -2.31. The van der Waals surface area contributed by atoms with Crippen molar-refractivity contribution >= 4 is 11.7 Å². The maximum Gasteiger partial charge on any atom is 0.341 e. The average molecular weight is 286 g/mol. The van der Waals surface area contributed by atoms with E-state index in [-0.39, 0.29) is 28.7 Å². The molecule has 0 aromatic heterocycles. The smallest absolute Gasteiger partial charge is 0.341 e. The molecule has 0 spiro atoms. The Labute approximate surface area is 122 Å². The molecule has 0 unspecified atom stereocenters. The van der Waals surface area contributed by atoms with Crippen LogP contribution in [0, 0.1) is 10.6 Å². The van der Waals surface area contributed by atoms with Crippen molar-refractivity contribution < 1.29 is 9.95 Å². The lowest BCUT2D eigenvalue weighted by molar-refractivity contribution is -0.377. The Morgan fingerprint density at radius 3 is 2.20 bits per heavy atom. The summed E-state index contributed by atoms with van der Waals surface area (Å²) in [6.45, 7) is 12.5. The molecule has 0 aromatic carbocycles. The third-order valence-corrected chi connectivity index (χ3v) is 2.76. The molecule has 0 radical (unpaired) electrons. The molecular weight excluding hydrogens is 256 g/mol. The summed E-state index contributed by atoms with van der Waals surface area (Å²) in [4.78, 5) is 12.5. The predicted octanol–water partition coefficient (Wildman–Crippen LogP) is -0.379. The lowest BCUT2D eigenvalue weighted by atomic mass is 9.84. The van der Waals surface area contributed by atoms with Crippen LogP contribution >= 0.6 is 0 Å². The SMILES string of the molecule is CC(C)(C)N[C@@H](CCCN/C(N)=[NH+]/[O-])C(=O)C(C)(C)C. The van der Waals surface area contributed by atoms with Gasteiger partial charge in [-0.05, 0) is 33.6 Å². The number of Topliss-reactive ketones (excluding diaryl/α,β-unsaturated/α-hetero) is 1. The van der Waals surface area contributed by atoms with Crippen LogP contribution in [-0.4, -0.2) is 29.9 Å². The summed E-state index contributed by atoms with van der Waals surface area (Å²) in [6.07, 6.45) is 1.45. The number of ketones is 1. The van der Waals surface area contributed by atoms with E-state index in [1.807, 2.05) is 41.5 Å². The van der Waals surface area contributed by atoms with E-state index in [2.05, 4.69) is 10.6 Å². The molecule has 1 atom stereocenters. The molecule has 0 aliphatic heterocycles. The number of carbonyl (C=O) groups is 1. The van der Waals surface area contributed by atoms with E-state index >= 15 is 0 Å². The highest BCUT2D eigenvalue weighted by Crippen LogP contribution is 2.20. The standard InChI is InChI=1S/C14H30N4O2/c1-13(2,3)11(19)10(17-14(4,5)6)8-7-9-16-12(15)18-20/h10,16-18H,7-9,15H2,1-6H3/b18-12+/t10-/m0/s1. The first-order valence-corrected chi connectivity index (χ1v) is 7.04. The fourth-order valence-corrected chi connectivity index (χ4v) is 1.88. The van der Waals surface area contributed by atoms with Crippen LogP contribution in [0.5, 0.6) is 0 Å². The molecule has 0 aromatic rings. The van der Waals surface area contributed by atoms with Gasteiger partial charge in [-0.15, -0.1) is 0 Å². The predicted molar refractivity (Wildman–Crippen MR) is 81.9 cm³/mol. The van der Waals surface area contributed by atoms with Crippen LogP contribution in [0.3, 0.4) is 0 Å². The summed E-state index contributed by atoms with van der Waals surface area (Å²) in [5.41, 5.74) is 4.82. The van der Waals surface area contributed by atoms with E-state index in [4.69, 9.17) is 5.73 Å². The summed E-state index contributed by atoms with van der Waals surface area (Å²) < 4.78 is 0. The Kier molecular flexibility index (Phi) is 6.99. The summed E-state index contributed by atoms with van der Waals surface area (Å²) in [7, 11) is 0. The van der Waals surface area contributed by atoms with Gasteiger partial charge in [-0.2, -0.15) is 0 Å². The summed E-state index contributed by atoms with van der Waals surface area (Å²) in [5, 5.41) is 18.0. The minimum atomic E-state index is -0.377. The first-order chi connectivity index (χ1) is 8.97. The number of nitrogens with one attached hydrogen (secondary N) is 3. The molecule has 0 aliphatic carbocycles. The van der Waals surface area contributed by atoms with Crippen molar-refractivity contribution in [3.63, 3.8) is 0 Å².